The van der Waals surface area contributed by atoms with Gasteiger partial charge in [-0.3, -0.25) is 4.79 Å². The van der Waals surface area contributed by atoms with Gasteiger partial charge in [-0.2, -0.15) is 5.10 Å². The predicted octanol–water partition coefficient (Wildman–Crippen LogP) is 3.52. The third-order valence-electron chi connectivity index (χ3n) is 3.57. The number of aromatic nitrogens is 2. The molecule has 4 nitrogen and oxygen atoms in total. The third kappa shape index (κ3) is 3.56. The van der Waals surface area contributed by atoms with Crippen molar-refractivity contribution in [3.05, 3.63) is 47.3 Å². The van der Waals surface area contributed by atoms with Crippen LogP contribution in [0.15, 0.2) is 30.3 Å². The van der Waals surface area contributed by atoms with Crippen LogP contribution in [0.1, 0.15) is 48.9 Å². The molecule has 0 saturated heterocycles. The Kier molecular flexibility index (Phi) is 5.36. The first-order chi connectivity index (χ1) is 10.5. The van der Waals surface area contributed by atoms with Crippen LogP contribution in [0.2, 0.25) is 0 Å². The first-order valence-corrected chi connectivity index (χ1v) is 7.96. The standard InChI is InChI=1S/C18H25N3O/c1-5-9-16-17(18(22)19-12-13(2)3)14(4)21(20-16)15-10-7-6-8-11-15/h6-8,10-11,13H,5,9,12H2,1-4H3,(H,19,22). The third-order valence-corrected chi connectivity index (χ3v) is 3.57. The Bertz CT molecular complexity index is 629. The van der Waals surface area contributed by atoms with Crippen LogP contribution in [0.25, 0.3) is 5.69 Å². The van der Waals surface area contributed by atoms with Crippen LogP contribution in [0, 0.1) is 12.8 Å². The Morgan fingerprint density at radius 1 is 1.27 bits per heavy atom. The molecule has 0 aliphatic carbocycles. The molecular formula is C18H25N3O. The highest BCUT2D eigenvalue weighted by atomic mass is 16.1. The fraction of sp³-hybridized carbons (Fsp3) is 0.444. The van der Waals surface area contributed by atoms with Crippen LogP contribution in [0.5, 0.6) is 0 Å². The van der Waals surface area contributed by atoms with E-state index in [0.29, 0.717) is 12.5 Å². The largest absolute Gasteiger partial charge is 0.352 e. The first kappa shape index (κ1) is 16.3. The Hall–Kier alpha value is -2.10. The van der Waals surface area contributed by atoms with E-state index in [4.69, 9.17) is 0 Å². The van der Waals surface area contributed by atoms with Crippen molar-refractivity contribution in [2.75, 3.05) is 6.54 Å². The number of carbonyl (C=O) groups is 1. The zero-order valence-electron chi connectivity index (χ0n) is 13.9. The van der Waals surface area contributed by atoms with E-state index in [9.17, 15) is 4.79 Å². The molecule has 1 amide bonds. The van der Waals surface area contributed by atoms with E-state index < -0.39 is 0 Å². The molecule has 0 unspecified atom stereocenters. The summed E-state index contributed by atoms with van der Waals surface area (Å²) in [5, 5.41) is 7.68. The van der Waals surface area contributed by atoms with Gasteiger partial charge in [0.2, 0.25) is 0 Å². The first-order valence-electron chi connectivity index (χ1n) is 7.96. The summed E-state index contributed by atoms with van der Waals surface area (Å²) in [6, 6.07) is 9.95. The smallest absolute Gasteiger partial charge is 0.255 e. The average molecular weight is 299 g/mol. The Morgan fingerprint density at radius 2 is 1.95 bits per heavy atom. The van der Waals surface area contributed by atoms with Crippen molar-refractivity contribution < 1.29 is 4.79 Å². The SMILES string of the molecule is CCCc1nn(-c2ccccc2)c(C)c1C(=O)NCC(C)C. The molecule has 0 fully saturated rings. The molecule has 0 aliphatic heterocycles. The number of carbonyl (C=O) groups excluding carboxylic acids is 1. The molecule has 1 N–H and O–H groups in total. The second-order valence-corrected chi connectivity index (χ2v) is 6.01. The van der Waals surface area contributed by atoms with Crippen LogP contribution < -0.4 is 5.32 Å². The maximum Gasteiger partial charge on any atom is 0.255 e. The van der Waals surface area contributed by atoms with E-state index in [2.05, 4.69) is 31.2 Å². The Balaban J connectivity index is 2.39. The normalized spacial score (nSPS) is 11.0. The molecule has 0 saturated carbocycles. The Morgan fingerprint density at radius 3 is 2.55 bits per heavy atom. The summed E-state index contributed by atoms with van der Waals surface area (Å²) in [6.07, 6.45) is 1.78. The fourth-order valence-corrected chi connectivity index (χ4v) is 2.47. The number of nitrogens with one attached hydrogen (secondary N) is 1. The zero-order valence-corrected chi connectivity index (χ0v) is 13.9. The van der Waals surface area contributed by atoms with Gasteiger partial charge in [0.1, 0.15) is 0 Å². The van der Waals surface area contributed by atoms with Crippen LogP contribution >= 0.6 is 0 Å². The number of nitrogens with zero attached hydrogens (tertiary/aromatic N) is 2. The minimum atomic E-state index is -0.0168. The number of hydrogen-bond acceptors (Lipinski definition) is 2. The minimum absolute atomic E-state index is 0.0168. The van der Waals surface area contributed by atoms with E-state index in [1.807, 2.05) is 41.9 Å². The Labute approximate surface area is 132 Å². The van der Waals surface area contributed by atoms with Crippen molar-refractivity contribution in [3.63, 3.8) is 0 Å². The second-order valence-electron chi connectivity index (χ2n) is 6.01. The lowest BCUT2D eigenvalue weighted by Gasteiger charge is -2.09. The lowest BCUT2D eigenvalue weighted by atomic mass is 10.1. The summed E-state index contributed by atoms with van der Waals surface area (Å²) in [5.41, 5.74) is 3.49. The minimum Gasteiger partial charge on any atom is -0.352 e. The van der Waals surface area contributed by atoms with Gasteiger partial charge in [0.05, 0.1) is 22.6 Å². The topological polar surface area (TPSA) is 46.9 Å². The van der Waals surface area contributed by atoms with Gasteiger partial charge in [0, 0.05) is 6.54 Å². The summed E-state index contributed by atoms with van der Waals surface area (Å²) in [7, 11) is 0. The molecule has 22 heavy (non-hydrogen) atoms. The van der Waals surface area contributed by atoms with Crippen LogP contribution in [-0.2, 0) is 6.42 Å². The maximum absolute atomic E-state index is 12.5. The van der Waals surface area contributed by atoms with Crippen molar-refractivity contribution in [2.24, 2.45) is 5.92 Å². The zero-order chi connectivity index (χ0) is 16.1. The highest BCUT2D eigenvalue weighted by Gasteiger charge is 2.21. The molecule has 0 spiro atoms. The van der Waals surface area contributed by atoms with Gasteiger partial charge in [-0.1, -0.05) is 45.4 Å². The molecule has 118 valence electrons. The summed E-state index contributed by atoms with van der Waals surface area (Å²) in [5.74, 6) is 0.417. The van der Waals surface area contributed by atoms with Gasteiger partial charge in [0.15, 0.2) is 0 Å². The van der Waals surface area contributed by atoms with Gasteiger partial charge in [-0.25, -0.2) is 4.68 Å². The summed E-state index contributed by atoms with van der Waals surface area (Å²) in [4.78, 5) is 12.5. The van der Waals surface area contributed by atoms with Crippen molar-refractivity contribution in [2.45, 2.75) is 40.5 Å². The van der Waals surface area contributed by atoms with Crippen molar-refractivity contribution in [1.29, 1.82) is 0 Å². The molecule has 0 bridgehead atoms. The molecule has 0 aliphatic rings. The van der Waals surface area contributed by atoms with Gasteiger partial charge in [0.25, 0.3) is 5.91 Å². The van der Waals surface area contributed by atoms with Gasteiger partial charge < -0.3 is 5.32 Å². The molecule has 1 aromatic heterocycles. The maximum atomic E-state index is 12.5. The molecule has 0 atom stereocenters. The van der Waals surface area contributed by atoms with E-state index in [1.165, 1.54) is 0 Å². The summed E-state index contributed by atoms with van der Waals surface area (Å²) < 4.78 is 1.87. The lowest BCUT2D eigenvalue weighted by Crippen LogP contribution is -2.28. The number of benzene rings is 1. The summed E-state index contributed by atoms with van der Waals surface area (Å²) >= 11 is 0. The molecule has 1 heterocycles. The van der Waals surface area contributed by atoms with E-state index >= 15 is 0 Å². The molecule has 4 heteroatoms. The molecule has 2 rings (SSSR count). The number of rotatable bonds is 6. The fourth-order valence-electron chi connectivity index (χ4n) is 2.47. The van der Waals surface area contributed by atoms with Gasteiger partial charge in [-0.05, 0) is 31.4 Å². The van der Waals surface area contributed by atoms with Crippen molar-refractivity contribution >= 4 is 5.91 Å². The van der Waals surface area contributed by atoms with E-state index in [-0.39, 0.29) is 5.91 Å². The average Bonchev–Trinajstić information content (AvgIpc) is 2.83. The number of aryl methyl sites for hydroxylation is 1. The highest BCUT2D eigenvalue weighted by molar-refractivity contribution is 5.96. The predicted molar refractivity (Wildman–Crippen MR) is 89.5 cm³/mol. The van der Waals surface area contributed by atoms with Crippen molar-refractivity contribution in [3.8, 4) is 5.69 Å². The monoisotopic (exact) mass is 299 g/mol. The molecular weight excluding hydrogens is 274 g/mol. The number of amides is 1. The van der Waals surface area contributed by atoms with Crippen LogP contribution in [0.3, 0.4) is 0 Å². The van der Waals surface area contributed by atoms with Gasteiger partial charge >= 0.3 is 0 Å². The highest BCUT2D eigenvalue weighted by Crippen LogP contribution is 2.19. The van der Waals surface area contributed by atoms with E-state index in [0.717, 1.165) is 35.5 Å². The second kappa shape index (κ2) is 7.25. The van der Waals surface area contributed by atoms with Gasteiger partial charge in [-0.15, -0.1) is 0 Å². The van der Waals surface area contributed by atoms with Crippen molar-refractivity contribution in [1.82, 2.24) is 15.1 Å². The molecule has 0 radical (unpaired) electrons. The summed E-state index contributed by atoms with van der Waals surface area (Å²) in [6.45, 7) is 8.93. The molecule has 1 aromatic carbocycles. The van der Waals surface area contributed by atoms with Crippen LogP contribution in [-0.4, -0.2) is 22.2 Å². The number of para-hydroxylation sites is 1. The number of hydrogen-bond donors (Lipinski definition) is 1. The van der Waals surface area contributed by atoms with Crippen LogP contribution in [0.4, 0.5) is 0 Å². The quantitative estimate of drug-likeness (QED) is 0.887. The lowest BCUT2D eigenvalue weighted by molar-refractivity contribution is 0.0947. The van der Waals surface area contributed by atoms with E-state index in [1.54, 1.807) is 0 Å². The molecule has 2 aromatic rings.